The number of ether oxygens (including phenoxy) is 1. The van der Waals surface area contributed by atoms with Crippen LogP contribution >= 0.6 is 0 Å². The Balaban J connectivity index is 2.00. The number of carbonyl (C=O) groups excluding carboxylic acids is 1. The van der Waals surface area contributed by atoms with E-state index in [4.69, 9.17) is 4.74 Å². The number of imidazole rings is 1. The van der Waals surface area contributed by atoms with Crippen LogP contribution in [0.4, 0.5) is 0 Å². The maximum atomic E-state index is 11.4. The average Bonchev–Trinajstić information content (AvgIpc) is 2.98. The Morgan fingerprint density at radius 3 is 2.79 bits per heavy atom. The Morgan fingerprint density at radius 2 is 2.08 bits per heavy atom. The summed E-state index contributed by atoms with van der Waals surface area (Å²) >= 11 is 0. The van der Waals surface area contributed by atoms with E-state index < -0.39 is 0 Å². The van der Waals surface area contributed by atoms with E-state index >= 15 is 0 Å². The van der Waals surface area contributed by atoms with Crippen molar-refractivity contribution in [1.29, 1.82) is 0 Å². The normalized spacial score (nSPS) is 11.2. The number of aromatic nitrogens is 2. The van der Waals surface area contributed by atoms with Gasteiger partial charge >= 0.3 is 5.97 Å². The third-order valence-electron chi connectivity index (χ3n) is 3.64. The fourth-order valence-electron chi connectivity index (χ4n) is 2.55. The highest BCUT2D eigenvalue weighted by Crippen LogP contribution is 2.25. The zero-order valence-corrected chi connectivity index (χ0v) is 13.3. The smallest absolute Gasteiger partial charge is 0.330 e. The van der Waals surface area contributed by atoms with Crippen molar-refractivity contribution in [3.8, 4) is 11.3 Å². The van der Waals surface area contributed by atoms with Crippen LogP contribution in [0.1, 0.15) is 18.2 Å². The number of pyridine rings is 1. The van der Waals surface area contributed by atoms with Crippen LogP contribution in [0.5, 0.6) is 0 Å². The number of carbonyl (C=O) groups is 1. The molecule has 0 fully saturated rings. The van der Waals surface area contributed by atoms with Crippen LogP contribution in [0.25, 0.3) is 23.0 Å². The van der Waals surface area contributed by atoms with Crippen LogP contribution in [0.2, 0.25) is 0 Å². The fourth-order valence-corrected chi connectivity index (χ4v) is 2.55. The maximum Gasteiger partial charge on any atom is 0.330 e. The van der Waals surface area contributed by atoms with Crippen molar-refractivity contribution in [2.24, 2.45) is 0 Å². The van der Waals surface area contributed by atoms with E-state index in [1.54, 1.807) is 13.0 Å². The molecular weight excluding hydrogens is 304 g/mol. The van der Waals surface area contributed by atoms with Gasteiger partial charge < -0.3 is 14.2 Å². The number of rotatable bonds is 5. The first kappa shape index (κ1) is 16.0. The topological polar surface area (TPSA) is 63.8 Å². The van der Waals surface area contributed by atoms with Crippen molar-refractivity contribution in [3.05, 3.63) is 66.0 Å². The van der Waals surface area contributed by atoms with Gasteiger partial charge in [-0.25, -0.2) is 9.78 Å². The van der Waals surface area contributed by atoms with Crippen LogP contribution in [-0.2, 0) is 16.1 Å². The number of nitrogens with zero attached hydrogens (tertiary/aromatic N) is 2. The molecule has 0 amide bonds. The Kier molecular flexibility index (Phi) is 4.72. The molecule has 3 aromatic rings. The van der Waals surface area contributed by atoms with Gasteiger partial charge in [-0.15, -0.1) is 0 Å². The molecule has 2 heterocycles. The molecule has 0 radical (unpaired) electrons. The van der Waals surface area contributed by atoms with Crippen LogP contribution in [-0.4, -0.2) is 27.1 Å². The molecule has 122 valence electrons. The molecule has 0 atom stereocenters. The SMILES string of the molecule is CCOC(=O)/C=C/c1ccn2c(CO)c(-c3ccccc3)nc2c1. The van der Waals surface area contributed by atoms with Gasteiger partial charge in [0.2, 0.25) is 0 Å². The van der Waals surface area contributed by atoms with E-state index in [-0.39, 0.29) is 12.6 Å². The number of benzene rings is 1. The molecule has 0 bridgehead atoms. The molecule has 0 aliphatic heterocycles. The summed E-state index contributed by atoms with van der Waals surface area (Å²) in [4.78, 5) is 16.0. The van der Waals surface area contributed by atoms with Gasteiger partial charge in [-0.05, 0) is 30.7 Å². The molecule has 5 nitrogen and oxygen atoms in total. The predicted molar refractivity (Wildman–Crippen MR) is 92.2 cm³/mol. The minimum atomic E-state index is -0.373. The lowest BCUT2D eigenvalue weighted by molar-refractivity contribution is -0.137. The van der Waals surface area contributed by atoms with Gasteiger partial charge in [-0.1, -0.05) is 30.3 Å². The van der Waals surface area contributed by atoms with Crippen LogP contribution < -0.4 is 0 Å². The predicted octanol–water partition coefficient (Wildman–Crippen LogP) is 3.07. The van der Waals surface area contributed by atoms with Gasteiger partial charge in [-0.3, -0.25) is 0 Å². The lowest BCUT2D eigenvalue weighted by atomic mass is 10.1. The summed E-state index contributed by atoms with van der Waals surface area (Å²) in [6, 6.07) is 13.5. The monoisotopic (exact) mass is 322 g/mol. The average molecular weight is 322 g/mol. The first-order valence-electron chi connectivity index (χ1n) is 7.75. The highest BCUT2D eigenvalue weighted by atomic mass is 16.5. The van der Waals surface area contributed by atoms with Gasteiger partial charge in [0.1, 0.15) is 5.65 Å². The lowest BCUT2D eigenvalue weighted by Crippen LogP contribution is -1.98. The zero-order chi connectivity index (χ0) is 16.9. The minimum Gasteiger partial charge on any atom is -0.463 e. The number of aliphatic hydroxyl groups excluding tert-OH is 1. The molecule has 2 aromatic heterocycles. The van der Waals surface area contributed by atoms with Crippen LogP contribution in [0.15, 0.2) is 54.7 Å². The summed E-state index contributed by atoms with van der Waals surface area (Å²) < 4.78 is 6.72. The zero-order valence-electron chi connectivity index (χ0n) is 13.3. The summed E-state index contributed by atoms with van der Waals surface area (Å²) in [6.07, 6.45) is 4.92. The van der Waals surface area contributed by atoms with Crippen molar-refractivity contribution in [3.63, 3.8) is 0 Å². The Hall–Kier alpha value is -2.92. The van der Waals surface area contributed by atoms with Crippen molar-refractivity contribution in [1.82, 2.24) is 9.38 Å². The van der Waals surface area contributed by atoms with E-state index in [2.05, 4.69) is 4.98 Å². The maximum absolute atomic E-state index is 11.4. The molecule has 3 rings (SSSR count). The Bertz CT molecular complexity index is 882. The third kappa shape index (κ3) is 3.21. The van der Waals surface area contributed by atoms with Crippen molar-refractivity contribution in [2.75, 3.05) is 6.61 Å². The quantitative estimate of drug-likeness (QED) is 0.579. The van der Waals surface area contributed by atoms with Gasteiger partial charge in [0.15, 0.2) is 0 Å². The second-order valence-electron chi connectivity index (χ2n) is 5.20. The van der Waals surface area contributed by atoms with E-state index in [9.17, 15) is 9.90 Å². The number of esters is 1. The molecule has 0 saturated heterocycles. The molecule has 1 N–H and O–H groups in total. The first-order valence-corrected chi connectivity index (χ1v) is 7.75. The summed E-state index contributed by atoms with van der Waals surface area (Å²) in [5.41, 5.74) is 3.99. The number of fused-ring (bicyclic) bond motifs is 1. The number of hydrogen-bond acceptors (Lipinski definition) is 4. The Morgan fingerprint density at radius 1 is 1.29 bits per heavy atom. The molecule has 24 heavy (non-hydrogen) atoms. The van der Waals surface area contributed by atoms with E-state index in [0.29, 0.717) is 12.3 Å². The number of hydrogen-bond donors (Lipinski definition) is 1. The van der Waals surface area contributed by atoms with Crippen molar-refractivity contribution in [2.45, 2.75) is 13.5 Å². The van der Waals surface area contributed by atoms with E-state index in [1.165, 1.54) is 6.08 Å². The second kappa shape index (κ2) is 7.10. The molecule has 0 aliphatic rings. The van der Waals surface area contributed by atoms with Crippen LogP contribution in [0.3, 0.4) is 0 Å². The highest BCUT2D eigenvalue weighted by molar-refractivity contribution is 5.87. The number of aliphatic hydroxyl groups is 1. The fraction of sp³-hybridized carbons (Fsp3) is 0.158. The van der Waals surface area contributed by atoms with E-state index in [1.807, 2.05) is 53.1 Å². The van der Waals surface area contributed by atoms with Crippen LogP contribution in [0, 0.1) is 0 Å². The molecule has 0 spiro atoms. The second-order valence-corrected chi connectivity index (χ2v) is 5.20. The summed E-state index contributed by atoms with van der Waals surface area (Å²) in [7, 11) is 0. The summed E-state index contributed by atoms with van der Waals surface area (Å²) in [5.74, 6) is -0.373. The van der Waals surface area contributed by atoms with Gasteiger partial charge in [-0.2, -0.15) is 0 Å². The molecular formula is C19H18N2O3. The van der Waals surface area contributed by atoms with Gasteiger partial charge in [0.05, 0.1) is 24.6 Å². The van der Waals surface area contributed by atoms with Gasteiger partial charge in [0.25, 0.3) is 0 Å². The molecule has 0 aliphatic carbocycles. The largest absolute Gasteiger partial charge is 0.463 e. The molecule has 0 unspecified atom stereocenters. The lowest BCUT2D eigenvalue weighted by Gasteiger charge is -2.02. The third-order valence-corrected chi connectivity index (χ3v) is 3.64. The first-order chi connectivity index (χ1) is 11.7. The molecule has 5 heteroatoms. The highest BCUT2D eigenvalue weighted by Gasteiger charge is 2.13. The molecule has 0 saturated carbocycles. The molecule has 1 aromatic carbocycles. The Labute approximate surface area is 139 Å². The van der Waals surface area contributed by atoms with Crippen molar-refractivity contribution < 1.29 is 14.6 Å². The van der Waals surface area contributed by atoms with Gasteiger partial charge in [0, 0.05) is 17.8 Å². The van der Waals surface area contributed by atoms with Crippen molar-refractivity contribution >= 4 is 17.7 Å². The minimum absolute atomic E-state index is 0.108. The summed E-state index contributed by atoms with van der Waals surface area (Å²) in [6.45, 7) is 2.01. The van der Waals surface area contributed by atoms with E-state index in [0.717, 1.165) is 22.5 Å². The standard InChI is InChI=1S/C19H18N2O3/c1-2-24-18(23)9-8-14-10-11-21-16(13-22)19(20-17(21)12-14)15-6-4-3-5-7-15/h3-12,22H,2,13H2,1H3/b9-8+. The summed E-state index contributed by atoms with van der Waals surface area (Å²) in [5, 5.41) is 9.74.